The SMILES string of the molecule is CCc1ccccc1NC(=O)c1cncc(C(=O)NCCc2ccccc2)c1. The monoisotopic (exact) mass is 373 g/mol. The number of para-hydroxylation sites is 1. The Morgan fingerprint density at radius 2 is 1.57 bits per heavy atom. The van der Waals surface area contributed by atoms with Gasteiger partial charge in [0.25, 0.3) is 11.8 Å². The van der Waals surface area contributed by atoms with E-state index in [9.17, 15) is 9.59 Å². The van der Waals surface area contributed by atoms with Crippen molar-refractivity contribution in [3.05, 3.63) is 95.3 Å². The number of nitrogens with one attached hydrogen (secondary N) is 2. The van der Waals surface area contributed by atoms with E-state index in [1.807, 2.05) is 61.5 Å². The van der Waals surface area contributed by atoms with Crippen molar-refractivity contribution in [2.75, 3.05) is 11.9 Å². The fourth-order valence-electron chi connectivity index (χ4n) is 2.90. The topological polar surface area (TPSA) is 71.1 Å². The summed E-state index contributed by atoms with van der Waals surface area (Å²) in [6.07, 6.45) is 4.49. The molecule has 1 aromatic heterocycles. The number of carbonyl (C=O) groups is 2. The normalized spacial score (nSPS) is 10.3. The number of pyridine rings is 1. The van der Waals surface area contributed by atoms with Gasteiger partial charge in [-0.05, 0) is 36.1 Å². The second kappa shape index (κ2) is 9.46. The van der Waals surface area contributed by atoms with Crippen molar-refractivity contribution in [3.8, 4) is 0 Å². The van der Waals surface area contributed by atoms with E-state index in [4.69, 9.17) is 0 Å². The number of nitrogens with zero attached hydrogens (tertiary/aromatic N) is 1. The minimum atomic E-state index is -0.285. The Labute approximate surface area is 164 Å². The molecule has 28 heavy (non-hydrogen) atoms. The third-order valence-corrected chi connectivity index (χ3v) is 4.45. The van der Waals surface area contributed by atoms with Crippen molar-refractivity contribution >= 4 is 17.5 Å². The molecule has 0 bridgehead atoms. The van der Waals surface area contributed by atoms with E-state index in [2.05, 4.69) is 15.6 Å². The quantitative estimate of drug-likeness (QED) is 0.660. The van der Waals surface area contributed by atoms with E-state index in [1.165, 1.54) is 12.4 Å². The fraction of sp³-hybridized carbons (Fsp3) is 0.174. The largest absolute Gasteiger partial charge is 0.352 e. The van der Waals surface area contributed by atoms with Gasteiger partial charge in [-0.25, -0.2) is 0 Å². The van der Waals surface area contributed by atoms with Gasteiger partial charge in [-0.3, -0.25) is 14.6 Å². The molecule has 3 rings (SSSR count). The summed E-state index contributed by atoms with van der Waals surface area (Å²) in [5.74, 6) is -0.528. The summed E-state index contributed by atoms with van der Waals surface area (Å²) in [5, 5.41) is 5.77. The Kier molecular flexibility index (Phi) is 6.52. The lowest BCUT2D eigenvalue weighted by Crippen LogP contribution is -2.26. The molecular formula is C23H23N3O2. The zero-order valence-corrected chi connectivity index (χ0v) is 15.8. The molecular weight excluding hydrogens is 350 g/mol. The first kappa shape index (κ1) is 19.3. The number of aryl methyl sites for hydroxylation is 1. The minimum Gasteiger partial charge on any atom is -0.352 e. The average Bonchev–Trinajstić information content (AvgIpc) is 2.75. The first-order valence-corrected chi connectivity index (χ1v) is 9.34. The highest BCUT2D eigenvalue weighted by Crippen LogP contribution is 2.16. The smallest absolute Gasteiger partial charge is 0.257 e. The van der Waals surface area contributed by atoms with Gasteiger partial charge >= 0.3 is 0 Å². The van der Waals surface area contributed by atoms with Crippen LogP contribution in [0.2, 0.25) is 0 Å². The highest BCUT2D eigenvalue weighted by atomic mass is 16.2. The average molecular weight is 373 g/mol. The van der Waals surface area contributed by atoms with Crippen LogP contribution >= 0.6 is 0 Å². The van der Waals surface area contributed by atoms with Gasteiger partial charge in [0.05, 0.1) is 11.1 Å². The molecule has 5 nitrogen and oxygen atoms in total. The van der Waals surface area contributed by atoms with Crippen LogP contribution in [-0.2, 0) is 12.8 Å². The molecule has 1 heterocycles. The van der Waals surface area contributed by atoms with Crippen LogP contribution in [0, 0.1) is 0 Å². The van der Waals surface area contributed by atoms with E-state index in [1.54, 1.807) is 6.07 Å². The highest BCUT2D eigenvalue weighted by molar-refractivity contribution is 6.06. The lowest BCUT2D eigenvalue weighted by molar-refractivity contribution is 0.0953. The molecule has 0 aliphatic carbocycles. The second-order valence-electron chi connectivity index (χ2n) is 6.42. The summed E-state index contributed by atoms with van der Waals surface area (Å²) < 4.78 is 0. The Morgan fingerprint density at radius 3 is 2.32 bits per heavy atom. The molecule has 0 aliphatic heterocycles. The maximum Gasteiger partial charge on any atom is 0.257 e. The predicted molar refractivity (Wildman–Crippen MR) is 110 cm³/mol. The van der Waals surface area contributed by atoms with Gasteiger partial charge in [0.15, 0.2) is 0 Å². The molecule has 142 valence electrons. The molecule has 0 radical (unpaired) electrons. The number of hydrogen-bond donors (Lipinski definition) is 2. The number of aromatic nitrogens is 1. The van der Waals surface area contributed by atoms with Crippen LogP contribution in [0.5, 0.6) is 0 Å². The molecule has 2 amide bonds. The van der Waals surface area contributed by atoms with Crippen LogP contribution in [0.4, 0.5) is 5.69 Å². The van der Waals surface area contributed by atoms with Gasteiger partial charge < -0.3 is 10.6 Å². The van der Waals surface area contributed by atoms with Crippen molar-refractivity contribution < 1.29 is 9.59 Å². The van der Waals surface area contributed by atoms with Gasteiger partial charge in [0.2, 0.25) is 0 Å². The third-order valence-electron chi connectivity index (χ3n) is 4.45. The third kappa shape index (κ3) is 5.04. The van der Waals surface area contributed by atoms with Crippen LogP contribution in [0.1, 0.15) is 38.8 Å². The number of hydrogen-bond acceptors (Lipinski definition) is 3. The summed E-state index contributed by atoms with van der Waals surface area (Å²) in [5.41, 5.74) is 3.70. The van der Waals surface area contributed by atoms with Gasteiger partial charge in [0.1, 0.15) is 0 Å². The Hall–Kier alpha value is -3.47. The zero-order valence-electron chi connectivity index (χ0n) is 15.8. The Bertz CT molecular complexity index is 955. The number of carbonyl (C=O) groups excluding carboxylic acids is 2. The molecule has 2 N–H and O–H groups in total. The van der Waals surface area contributed by atoms with Gasteiger partial charge in [-0.15, -0.1) is 0 Å². The molecule has 3 aromatic rings. The molecule has 0 saturated carbocycles. The van der Waals surface area contributed by atoms with E-state index in [0.29, 0.717) is 17.7 Å². The fourth-order valence-corrected chi connectivity index (χ4v) is 2.90. The van der Waals surface area contributed by atoms with Gasteiger partial charge in [-0.1, -0.05) is 55.5 Å². The van der Waals surface area contributed by atoms with Crippen LogP contribution in [0.3, 0.4) is 0 Å². The molecule has 0 fully saturated rings. The number of anilines is 1. The van der Waals surface area contributed by atoms with Crippen LogP contribution in [-0.4, -0.2) is 23.3 Å². The maximum absolute atomic E-state index is 12.6. The van der Waals surface area contributed by atoms with Crippen LogP contribution in [0.25, 0.3) is 0 Å². The van der Waals surface area contributed by atoms with Crippen LogP contribution < -0.4 is 10.6 Å². The standard InChI is InChI=1S/C23H23N3O2/c1-2-18-10-6-7-11-21(18)26-23(28)20-14-19(15-24-16-20)22(27)25-13-12-17-8-4-3-5-9-17/h3-11,14-16H,2,12-13H2,1H3,(H,25,27)(H,26,28). The first-order valence-electron chi connectivity index (χ1n) is 9.34. The lowest BCUT2D eigenvalue weighted by atomic mass is 10.1. The maximum atomic E-state index is 12.6. The van der Waals surface area contributed by atoms with Crippen molar-refractivity contribution in [3.63, 3.8) is 0 Å². The van der Waals surface area contributed by atoms with Crippen molar-refractivity contribution in [1.29, 1.82) is 0 Å². The minimum absolute atomic E-state index is 0.243. The molecule has 0 unspecified atom stereocenters. The number of benzene rings is 2. The highest BCUT2D eigenvalue weighted by Gasteiger charge is 2.12. The molecule has 5 heteroatoms. The van der Waals surface area contributed by atoms with Crippen molar-refractivity contribution in [2.24, 2.45) is 0 Å². The van der Waals surface area contributed by atoms with E-state index in [0.717, 1.165) is 29.7 Å². The van der Waals surface area contributed by atoms with E-state index in [-0.39, 0.29) is 11.8 Å². The van der Waals surface area contributed by atoms with Crippen LogP contribution in [0.15, 0.2) is 73.1 Å². The summed E-state index contributed by atoms with van der Waals surface area (Å²) in [4.78, 5) is 29.0. The first-order chi connectivity index (χ1) is 13.7. The summed E-state index contributed by atoms with van der Waals surface area (Å²) in [6.45, 7) is 2.55. The molecule has 0 aliphatic rings. The molecule has 0 atom stereocenters. The summed E-state index contributed by atoms with van der Waals surface area (Å²) in [7, 11) is 0. The number of rotatable bonds is 7. The zero-order chi connectivity index (χ0) is 19.8. The van der Waals surface area contributed by atoms with Gasteiger partial charge in [0, 0.05) is 24.6 Å². The number of amides is 2. The molecule has 0 spiro atoms. The summed E-state index contributed by atoms with van der Waals surface area (Å²) in [6, 6.07) is 19.2. The van der Waals surface area contributed by atoms with Crippen molar-refractivity contribution in [2.45, 2.75) is 19.8 Å². The van der Waals surface area contributed by atoms with E-state index < -0.39 is 0 Å². The second-order valence-corrected chi connectivity index (χ2v) is 6.42. The lowest BCUT2D eigenvalue weighted by Gasteiger charge is -2.10. The summed E-state index contributed by atoms with van der Waals surface area (Å²) >= 11 is 0. The molecule has 0 saturated heterocycles. The Morgan fingerprint density at radius 1 is 0.893 bits per heavy atom. The van der Waals surface area contributed by atoms with Gasteiger partial charge in [-0.2, -0.15) is 0 Å². The Balaban J connectivity index is 1.62. The van der Waals surface area contributed by atoms with Crippen molar-refractivity contribution in [1.82, 2.24) is 10.3 Å². The predicted octanol–water partition coefficient (Wildman–Crippen LogP) is 3.87. The molecule has 2 aromatic carbocycles. The van der Waals surface area contributed by atoms with E-state index >= 15 is 0 Å².